The van der Waals surface area contributed by atoms with Gasteiger partial charge in [-0.15, -0.1) is 25.3 Å². The number of morpholine rings is 2. The van der Waals surface area contributed by atoms with E-state index in [9.17, 15) is 4.79 Å². The van der Waals surface area contributed by atoms with Crippen molar-refractivity contribution < 1.29 is 19.0 Å². The molecule has 0 aliphatic carbocycles. The first-order valence-corrected chi connectivity index (χ1v) is 12.5. The molecule has 0 amide bonds. The quantitative estimate of drug-likeness (QED) is 0.485. The average Bonchev–Trinajstić information content (AvgIpc) is 3.56. The number of halogens is 1. The van der Waals surface area contributed by atoms with Crippen LogP contribution in [0, 0.1) is 24.7 Å². The molecule has 3 aliphatic rings. The minimum absolute atomic E-state index is 0. The van der Waals surface area contributed by atoms with E-state index in [-0.39, 0.29) is 12.4 Å². The molecule has 0 atom stereocenters. The summed E-state index contributed by atoms with van der Waals surface area (Å²) >= 11 is 0. The normalized spacial score (nSPS) is 16.4. The largest absolute Gasteiger partial charge is 0.381 e. The number of hydrogen-bond donors (Lipinski definition) is 1. The molecule has 0 aromatic heterocycles. The molecule has 3 fully saturated rings. The van der Waals surface area contributed by atoms with Gasteiger partial charge in [0, 0.05) is 62.6 Å². The van der Waals surface area contributed by atoms with Gasteiger partial charge in [0.2, 0.25) is 0 Å². The molecule has 7 heteroatoms. The number of nitrogens with one attached hydrogen (secondary N) is 1. The topological polar surface area (TPSA) is 60.0 Å². The van der Waals surface area contributed by atoms with Crippen LogP contribution in [-0.2, 0) is 20.8 Å². The molecule has 37 heavy (non-hydrogen) atoms. The summed E-state index contributed by atoms with van der Waals surface area (Å²) in [4.78, 5) is 12.6. The monoisotopic (exact) mass is 526 g/mol. The smallest absolute Gasteiger partial charge is 0.150 e. The zero-order valence-electron chi connectivity index (χ0n) is 21.5. The maximum Gasteiger partial charge on any atom is 0.150 e. The van der Waals surface area contributed by atoms with E-state index in [4.69, 9.17) is 27.1 Å². The number of terminal acetylenes is 2. The van der Waals surface area contributed by atoms with E-state index in [1.54, 1.807) is 24.3 Å². The Morgan fingerprint density at radius 3 is 1.62 bits per heavy atom. The summed E-state index contributed by atoms with van der Waals surface area (Å²) in [6.45, 7) is 10.6. The standard InChI is InChI=1S/C13H15NO.C9H6O.C4H9NO.C4H8O.ClH/c1-2-12-3-5-13(6-4-12)11-14-7-9-15-10-8-14;1-2-8-3-5-9(7-10)6-4-8;1-3-6-4-2-5-1;1-2-4-5-3-1;/h1,3-6H,7-11H2;1,3-7H;5H,1-4H2;1-4H2;1H. The molecular formula is C30H39ClN2O4. The number of carbonyl (C=O) groups excluding carboxylic acids is 1. The van der Waals surface area contributed by atoms with Crippen molar-refractivity contribution >= 4 is 18.7 Å². The van der Waals surface area contributed by atoms with Gasteiger partial charge in [0.1, 0.15) is 6.29 Å². The van der Waals surface area contributed by atoms with Gasteiger partial charge in [0.05, 0.1) is 26.4 Å². The maximum atomic E-state index is 10.2. The summed E-state index contributed by atoms with van der Waals surface area (Å²) in [5.41, 5.74) is 3.71. The zero-order valence-corrected chi connectivity index (χ0v) is 22.3. The number of hydrogen-bond acceptors (Lipinski definition) is 6. The van der Waals surface area contributed by atoms with Crippen LogP contribution in [0.2, 0.25) is 0 Å². The van der Waals surface area contributed by atoms with E-state index in [1.807, 2.05) is 12.1 Å². The molecule has 2 aromatic carbocycles. The van der Waals surface area contributed by atoms with E-state index in [1.165, 1.54) is 18.4 Å². The van der Waals surface area contributed by atoms with Crippen LogP contribution in [0.1, 0.15) is 39.9 Å². The fourth-order valence-electron chi connectivity index (χ4n) is 3.41. The van der Waals surface area contributed by atoms with Crippen molar-refractivity contribution in [2.24, 2.45) is 0 Å². The number of carbonyl (C=O) groups is 1. The number of rotatable bonds is 3. The summed E-state index contributed by atoms with van der Waals surface area (Å²) in [6, 6.07) is 15.1. The highest BCUT2D eigenvalue weighted by atomic mass is 35.5. The average molecular weight is 527 g/mol. The van der Waals surface area contributed by atoms with Gasteiger partial charge < -0.3 is 19.5 Å². The van der Waals surface area contributed by atoms with Crippen LogP contribution >= 0.6 is 12.4 Å². The van der Waals surface area contributed by atoms with Crippen LogP contribution in [-0.4, -0.2) is 77.0 Å². The van der Waals surface area contributed by atoms with Gasteiger partial charge in [-0.3, -0.25) is 9.69 Å². The van der Waals surface area contributed by atoms with Gasteiger partial charge in [-0.2, -0.15) is 0 Å². The van der Waals surface area contributed by atoms with Crippen LogP contribution in [0.3, 0.4) is 0 Å². The second kappa shape index (κ2) is 21.4. The Morgan fingerprint density at radius 2 is 1.24 bits per heavy atom. The van der Waals surface area contributed by atoms with E-state index >= 15 is 0 Å². The molecule has 3 aliphatic heterocycles. The molecule has 5 rings (SSSR count). The summed E-state index contributed by atoms with van der Waals surface area (Å²) < 4.78 is 15.3. The number of ether oxygens (including phenoxy) is 3. The van der Waals surface area contributed by atoms with E-state index in [0.717, 1.165) is 89.8 Å². The minimum atomic E-state index is 0. The highest BCUT2D eigenvalue weighted by molar-refractivity contribution is 5.85. The highest BCUT2D eigenvalue weighted by Crippen LogP contribution is 2.08. The van der Waals surface area contributed by atoms with Crippen molar-refractivity contribution in [3.05, 3.63) is 70.8 Å². The van der Waals surface area contributed by atoms with Crippen molar-refractivity contribution in [3.8, 4) is 24.7 Å². The maximum absolute atomic E-state index is 10.2. The van der Waals surface area contributed by atoms with Crippen molar-refractivity contribution in [2.75, 3.05) is 65.8 Å². The van der Waals surface area contributed by atoms with Gasteiger partial charge >= 0.3 is 0 Å². The van der Waals surface area contributed by atoms with Gasteiger partial charge in [-0.25, -0.2) is 0 Å². The zero-order chi connectivity index (χ0) is 25.7. The molecule has 2 aromatic rings. The fraction of sp³-hybridized carbons (Fsp3) is 0.433. The van der Waals surface area contributed by atoms with Crippen LogP contribution in [0.4, 0.5) is 0 Å². The number of aldehydes is 1. The molecule has 1 N–H and O–H groups in total. The second-order valence-electron chi connectivity index (χ2n) is 8.30. The molecular weight excluding hydrogens is 488 g/mol. The molecule has 3 saturated heterocycles. The molecule has 200 valence electrons. The third kappa shape index (κ3) is 15.2. The lowest BCUT2D eigenvalue weighted by Crippen LogP contribution is -2.35. The first-order chi connectivity index (χ1) is 17.7. The highest BCUT2D eigenvalue weighted by Gasteiger charge is 2.10. The van der Waals surface area contributed by atoms with Crippen molar-refractivity contribution in [3.63, 3.8) is 0 Å². The van der Waals surface area contributed by atoms with E-state index < -0.39 is 0 Å². The summed E-state index contributed by atoms with van der Waals surface area (Å²) in [6.07, 6.45) is 13.8. The lowest BCUT2D eigenvalue weighted by Gasteiger charge is -2.26. The Hall–Kier alpha value is -2.68. The van der Waals surface area contributed by atoms with Gasteiger partial charge in [-0.1, -0.05) is 36.1 Å². The molecule has 3 heterocycles. The summed E-state index contributed by atoms with van der Waals surface area (Å²) in [7, 11) is 0. The first-order valence-electron chi connectivity index (χ1n) is 12.5. The molecule has 0 bridgehead atoms. The first kappa shape index (κ1) is 32.3. The van der Waals surface area contributed by atoms with Crippen molar-refractivity contribution in [1.82, 2.24) is 10.2 Å². The van der Waals surface area contributed by atoms with Crippen LogP contribution in [0.5, 0.6) is 0 Å². The third-order valence-electron chi connectivity index (χ3n) is 5.52. The number of benzene rings is 2. The lowest BCUT2D eigenvalue weighted by atomic mass is 10.1. The van der Waals surface area contributed by atoms with Gasteiger partial charge in [0.15, 0.2) is 0 Å². The Kier molecular flexibility index (Phi) is 18.7. The van der Waals surface area contributed by atoms with E-state index in [0.29, 0.717) is 5.56 Å². The molecule has 0 unspecified atom stereocenters. The van der Waals surface area contributed by atoms with Crippen LogP contribution in [0.25, 0.3) is 0 Å². The Labute approximate surface area is 228 Å². The summed E-state index contributed by atoms with van der Waals surface area (Å²) in [5.74, 6) is 5.09. The Balaban J connectivity index is 0.000000268. The minimum Gasteiger partial charge on any atom is -0.381 e. The van der Waals surface area contributed by atoms with Gasteiger partial charge in [0.25, 0.3) is 0 Å². The number of nitrogens with zero attached hydrogens (tertiary/aromatic N) is 1. The van der Waals surface area contributed by atoms with Crippen LogP contribution in [0.15, 0.2) is 48.5 Å². The predicted molar refractivity (Wildman–Crippen MR) is 151 cm³/mol. The van der Waals surface area contributed by atoms with Crippen molar-refractivity contribution in [2.45, 2.75) is 19.4 Å². The lowest BCUT2D eigenvalue weighted by molar-refractivity contribution is 0.0342. The second-order valence-corrected chi connectivity index (χ2v) is 8.30. The van der Waals surface area contributed by atoms with Gasteiger partial charge in [-0.05, 0) is 42.7 Å². The fourth-order valence-corrected chi connectivity index (χ4v) is 3.41. The Bertz CT molecular complexity index is 903. The molecule has 6 nitrogen and oxygen atoms in total. The third-order valence-corrected chi connectivity index (χ3v) is 5.52. The van der Waals surface area contributed by atoms with Crippen LogP contribution < -0.4 is 5.32 Å². The van der Waals surface area contributed by atoms with Crippen molar-refractivity contribution in [1.29, 1.82) is 0 Å². The molecule has 0 saturated carbocycles. The molecule has 0 spiro atoms. The Morgan fingerprint density at radius 1 is 0.757 bits per heavy atom. The molecule has 0 radical (unpaired) electrons. The summed E-state index contributed by atoms with van der Waals surface area (Å²) in [5, 5.41) is 3.16. The predicted octanol–water partition coefficient (Wildman–Crippen LogP) is 3.81. The SMILES string of the molecule is C#Cc1ccc(C=O)cc1.C#Cc1ccc(CN2CCOCC2)cc1.C1CCOC1.C1COCCN1.Cl. The van der Waals surface area contributed by atoms with E-state index in [2.05, 4.69) is 34.2 Å².